The molecule has 0 aliphatic heterocycles. The van der Waals surface area contributed by atoms with Crippen LogP contribution in [0.5, 0.6) is 0 Å². The van der Waals surface area contributed by atoms with E-state index < -0.39 is 0 Å². The number of nitrogens with zero attached hydrogens (tertiary/aromatic N) is 1. The van der Waals surface area contributed by atoms with Gasteiger partial charge in [-0.05, 0) is 34.6 Å². The first-order valence-corrected chi connectivity index (χ1v) is 4.84. The molecule has 3 nitrogen and oxygen atoms in total. The first-order valence-electron chi connectivity index (χ1n) is 4.84. The van der Waals surface area contributed by atoms with E-state index in [1.165, 1.54) is 0 Å². The smallest absolute Gasteiger partial charge is 0.0609 e. The van der Waals surface area contributed by atoms with Crippen LogP contribution >= 0.6 is 0 Å². The van der Waals surface area contributed by atoms with Gasteiger partial charge in [-0.1, -0.05) is 0 Å². The Hall–Kier alpha value is -0.120. The summed E-state index contributed by atoms with van der Waals surface area (Å²) in [5.74, 6) is 0. The van der Waals surface area contributed by atoms with E-state index >= 15 is 0 Å². The number of hydrogen-bond acceptors (Lipinski definition) is 3. The van der Waals surface area contributed by atoms with Crippen molar-refractivity contribution in [3.8, 4) is 0 Å². The van der Waals surface area contributed by atoms with E-state index in [1.54, 1.807) is 0 Å². The minimum Gasteiger partial charge on any atom is -0.395 e. The zero-order valence-corrected chi connectivity index (χ0v) is 9.41. The van der Waals surface area contributed by atoms with Gasteiger partial charge in [-0.3, -0.25) is 4.90 Å². The first-order chi connectivity index (χ1) is 5.84. The topological polar surface area (TPSA) is 43.7 Å². The molecule has 0 spiro atoms. The van der Waals surface area contributed by atoms with Gasteiger partial charge in [0.05, 0.1) is 19.3 Å². The lowest BCUT2D eigenvalue weighted by Gasteiger charge is -2.43. The number of aliphatic hydroxyl groups excluding tert-OH is 2. The zero-order valence-electron chi connectivity index (χ0n) is 9.41. The summed E-state index contributed by atoms with van der Waals surface area (Å²) in [5, 5.41) is 18.2. The average Bonchev–Trinajstić information content (AvgIpc) is 1.96. The molecule has 0 saturated heterocycles. The van der Waals surface area contributed by atoms with Crippen molar-refractivity contribution in [3.63, 3.8) is 0 Å². The molecule has 80 valence electrons. The van der Waals surface area contributed by atoms with Crippen LogP contribution in [0.3, 0.4) is 0 Å². The molecule has 0 aliphatic rings. The Balaban J connectivity index is 4.59. The number of aliphatic hydroxyl groups is 2. The Morgan fingerprint density at radius 2 is 1.46 bits per heavy atom. The molecule has 0 aromatic carbocycles. The Kier molecular flexibility index (Phi) is 4.89. The summed E-state index contributed by atoms with van der Waals surface area (Å²) in [6, 6.07) is 0.171. The van der Waals surface area contributed by atoms with E-state index in [4.69, 9.17) is 10.2 Å². The van der Waals surface area contributed by atoms with Crippen LogP contribution in [-0.4, -0.2) is 45.9 Å². The molecule has 2 N–H and O–H groups in total. The van der Waals surface area contributed by atoms with E-state index in [0.717, 1.165) is 0 Å². The molecule has 0 saturated carbocycles. The van der Waals surface area contributed by atoms with Gasteiger partial charge >= 0.3 is 0 Å². The highest BCUT2D eigenvalue weighted by Gasteiger charge is 2.30. The van der Waals surface area contributed by atoms with Gasteiger partial charge in [0.15, 0.2) is 0 Å². The molecule has 0 rings (SSSR count). The third-order valence-electron chi connectivity index (χ3n) is 2.15. The predicted octanol–water partition coefficient (Wildman–Crippen LogP) is 0.848. The molecule has 0 aliphatic carbocycles. The Morgan fingerprint density at radius 1 is 1.08 bits per heavy atom. The van der Waals surface area contributed by atoms with Crippen molar-refractivity contribution in [1.29, 1.82) is 0 Å². The normalized spacial score (nSPS) is 13.4. The summed E-state index contributed by atoms with van der Waals surface area (Å²) in [6.45, 7) is 10.4. The minimum atomic E-state index is -0.153. The van der Waals surface area contributed by atoms with E-state index in [0.29, 0.717) is 6.04 Å². The second-order valence-corrected chi connectivity index (χ2v) is 4.69. The Bertz CT molecular complexity index is 136. The molecule has 0 heterocycles. The highest BCUT2D eigenvalue weighted by atomic mass is 16.3. The summed E-state index contributed by atoms with van der Waals surface area (Å²) < 4.78 is 0. The van der Waals surface area contributed by atoms with Gasteiger partial charge < -0.3 is 10.2 Å². The molecule has 0 aromatic rings. The van der Waals surface area contributed by atoms with Gasteiger partial charge in [0.25, 0.3) is 0 Å². The SMILES string of the molecule is CC(C)N(C(CO)CO)C(C)(C)C. The summed E-state index contributed by atoms with van der Waals surface area (Å²) in [7, 11) is 0. The monoisotopic (exact) mass is 189 g/mol. The van der Waals surface area contributed by atoms with E-state index in [1.807, 2.05) is 0 Å². The molecule has 0 atom stereocenters. The van der Waals surface area contributed by atoms with Gasteiger partial charge in [0.1, 0.15) is 0 Å². The van der Waals surface area contributed by atoms with Crippen molar-refractivity contribution in [3.05, 3.63) is 0 Å². The molecule has 3 heteroatoms. The number of hydrogen-bond donors (Lipinski definition) is 2. The molecule has 0 bridgehead atoms. The third-order valence-corrected chi connectivity index (χ3v) is 2.15. The van der Waals surface area contributed by atoms with Crippen molar-refractivity contribution in [2.75, 3.05) is 13.2 Å². The van der Waals surface area contributed by atoms with Gasteiger partial charge in [0.2, 0.25) is 0 Å². The summed E-state index contributed by atoms with van der Waals surface area (Å²) >= 11 is 0. The highest BCUT2D eigenvalue weighted by molar-refractivity contribution is 4.84. The quantitative estimate of drug-likeness (QED) is 0.689. The van der Waals surface area contributed by atoms with Crippen LogP contribution in [0.4, 0.5) is 0 Å². The van der Waals surface area contributed by atoms with Crippen molar-refractivity contribution >= 4 is 0 Å². The van der Waals surface area contributed by atoms with Crippen LogP contribution in [0.15, 0.2) is 0 Å². The summed E-state index contributed by atoms with van der Waals surface area (Å²) in [6.07, 6.45) is 0. The lowest BCUT2D eigenvalue weighted by atomic mass is 10.0. The van der Waals surface area contributed by atoms with E-state index in [9.17, 15) is 0 Å². The molecular formula is C10H23NO2. The maximum atomic E-state index is 9.11. The molecule has 0 fully saturated rings. The summed E-state index contributed by atoms with van der Waals surface area (Å²) in [5.41, 5.74) is -0.0235. The van der Waals surface area contributed by atoms with Crippen LogP contribution in [-0.2, 0) is 0 Å². The molecular weight excluding hydrogens is 166 g/mol. The van der Waals surface area contributed by atoms with Crippen LogP contribution in [0.25, 0.3) is 0 Å². The van der Waals surface area contributed by atoms with Crippen LogP contribution in [0, 0.1) is 0 Å². The van der Waals surface area contributed by atoms with Crippen LogP contribution in [0.2, 0.25) is 0 Å². The van der Waals surface area contributed by atoms with Crippen molar-refractivity contribution < 1.29 is 10.2 Å². The molecule has 0 unspecified atom stereocenters. The molecule has 0 radical (unpaired) electrons. The fourth-order valence-corrected chi connectivity index (χ4v) is 1.98. The predicted molar refractivity (Wildman–Crippen MR) is 54.7 cm³/mol. The van der Waals surface area contributed by atoms with Crippen molar-refractivity contribution in [2.24, 2.45) is 0 Å². The fraction of sp³-hybridized carbons (Fsp3) is 1.00. The van der Waals surface area contributed by atoms with Crippen LogP contribution < -0.4 is 0 Å². The standard InChI is InChI=1S/C10H23NO2/c1-8(2)11(10(3,4)5)9(6-12)7-13/h8-9,12-13H,6-7H2,1-5H3. The van der Waals surface area contributed by atoms with Gasteiger partial charge in [-0.2, -0.15) is 0 Å². The van der Waals surface area contributed by atoms with Gasteiger partial charge in [-0.25, -0.2) is 0 Å². The minimum absolute atomic E-state index is 0.00590. The Morgan fingerprint density at radius 3 is 1.54 bits per heavy atom. The van der Waals surface area contributed by atoms with Crippen LogP contribution in [0.1, 0.15) is 34.6 Å². The Labute approximate surface area is 81.4 Å². The largest absolute Gasteiger partial charge is 0.395 e. The first kappa shape index (κ1) is 12.9. The second kappa shape index (κ2) is 4.94. The summed E-state index contributed by atoms with van der Waals surface area (Å²) in [4.78, 5) is 2.13. The maximum Gasteiger partial charge on any atom is 0.0609 e. The lowest BCUT2D eigenvalue weighted by molar-refractivity contribution is -0.00750. The van der Waals surface area contributed by atoms with Gasteiger partial charge in [-0.15, -0.1) is 0 Å². The molecule has 13 heavy (non-hydrogen) atoms. The molecule has 0 amide bonds. The van der Waals surface area contributed by atoms with Crippen molar-refractivity contribution in [2.45, 2.75) is 52.2 Å². The second-order valence-electron chi connectivity index (χ2n) is 4.69. The van der Waals surface area contributed by atoms with E-state index in [2.05, 4.69) is 39.5 Å². The maximum absolute atomic E-state index is 9.11. The number of rotatable bonds is 4. The van der Waals surface area contributed by atoms with Crippen molar-refractivity contribution in [1.82, 2.24) is 4.90 Å². The zero-order chi connectivity index (χ0) is 10.6. The average molecular weight is 189 g/mol. The van der Waals surface area contributed by atoms with E-state index in [-0.39, 0.29) is 24.8 Å². The molecule has 0 aromatic heterocycles. The third kappa shape index (κ3) is 3.63. The van der Waals surface area contributed by atoms with Gasteiger partial charge in [0, 0.05) is 11.6 Å². The lowest BCUT2D eigenvalue weighted by Crippen LogP contribution is -2.54. The fourth-order valence-electron chi connectivity index (χ4n) is 1.98. The highest BCUT2D eigenvalue weighted by Crippen LogP contribution is 2.20.